The van der Waals surface area contributed by atoms with E-state index in [0.29, 0.717) is 12.1 Å². The van der Waals surface area contributed by atoms with Crippen molar-refractivity contribution in [1.29, 1.82) is 0 Å². The van der Waals surface area contributed by atoms with E-state index < -0.39 is 10.0 Å². The molecule has 7 heteroatoms. The minimum Gasteiger partial charge on any atom is -0.316 e. The fraction of sp³-hybridized carbons (Fsp3) is 0.417. The topological polar surface area (TPSA) is 75.3 Å². The number of ketones is 1. The minimum absolute atomic E-state index is 0. The second kappa shape index (κ2) is 7.59. The van der Waals surface area contributed by atoms with Gasteiger partial charge in [-0.15, -0.1) is 12.4 Å². The summed E-state index contributed by atoms with van der Waals surface area (Å²) in [5.74, 6) is -0.0873. The minimum atomic E-state index is -3.51. The van der Waals surface area contributed by atoms with E-state index in [1.807, 2.05) is 6.92 Å². The zero-order chi connectivity index (χ0) is 13.8. The molecule has 1 aromatic rings. The van der Waals surface area contributed by atoms with Crippen LogP contribution in [0.15, 0.2) is 29.2 Å². The highest BCUT2D eigenvalue weighted by Crippen LogP contribution is 2.10. The Balaban J connectivity index is 0.00000324. The molecule has 1 aromatic carbocycles. The lowest BCUT2D eigenvalue weighted by molar-refractivity contribution is 0.101. The molecule has 1 rings (SSSR count). The standard InChI is InChI=1S/C12H18N2O3S.ClH/c1-9(13-3)8-14-18(16,17)12-6-4-11(5-7-12)10(2)15;/h4-7,9,13-14H,8H2,1-3H3;1H. The van der Waals surface area contributed by atoms with Crippen LogP contribution in [-0.2, 0) is 10.0 Å². The molecule has 0 aliphatic carbocycles. The number of hydrogen-bond donors (Lipinski definition) is 2. The number of halogens is 1. The summed E-state index contributed by atoms with van der Waals surface area (Å²) in [5.41, 5.74) is 0.498. The molecule has 1 unspecified atom stereocenters. The van der Waals surface area contributed by atoms with Crippen LogP contribution in [0, 0.1) is 0 Å². The Morgan fingerprint density at radius 1 is 1.26 bits per heavy atom. The van der Waals surface area contributed by atoms with Gasteiger partial charge in [0.2, 0.25) is 10.0 Å². The van der Waals surface area contributed by atoms with Crippen LogP contribution in [0.1, 0.15) is 24.2 Å². The Labute approximate surface area is 120 Å². The summed E-state index contributed by atoms with van der Waals surface area (Å²) in [6.45, 7) is 3.63. The third-order valence-electron chi connectivity index (χ3n) is 2.64. The number of nitrogens with one attached hydrogen (secondary N) is 2. The van der Waals surface area contributed by atoms with Gasteiger partial charge in [-0.1, -0.05) is 12.1 Å². The van der Waals surface area contributed by atoms with Gasteiger partial charge in [-0.2, -0.15) is 0 Å². The van der Waals surface area contributed by atoms with Crippen LogP contribution in [0.5, 0.6) is 0 Å². The molecule has 0 aliphatic heterocycles. The number of rotatable bonds is 6. The first-order valence-corrected chi connectivity index (χ1v) is 7.13. The van der Waals surface area contributed by atoms with Crippen LogP contribution in [0.25, 0.3) is 0 Å². The summed E-state index contributed by atoms with van der Waals surface area (Å²) < 4.78 is 26.3. The fourth-order valence-corrected chi connectivity index (χ4v) is 2.42. The van der Waals surface area contributed by atoms with Gasteiger partial charge in [-0.25, -0.2) is 13.1 Å². The Morgan fingerprint density at radius 2 is 1.79 bits per heavy atom. The van der Waals surface area contributed by atoms with Crippen LogP contribution in [0.4, 0.5) is 0 Å². The predicted molar refractivity (Wildman–Crippen MR) is 77.4 cm³/mol. The first-order valence-electron chi connectivity index (χ1n) is 5.64. The van der Waals surface area contributed by atoms with E-state index in [1.54, 1.807) is 7.05 Å². The van der Waals surface area contributed by atoms with Gasteiger partial charge in [-0.05, 0) is 33.0 Å². The van der Waals surface area contributed by atoms with Gasteiger partial charge in [0.25, 0.3) is 0 Å². The van der Waals surface area contributed by atoms with Gasteiger partial charge in [0.1, 0.15) is 0 Å². The van der Waals surface area contributed by atoms with Crippen LogP contribution in [0.3, 0.4) is 0 Å². The van der Waals surface area contributed by atoms with E-state index in [-0.39, 0.29) is 29.1 Å². The fourth-order valence-electron chi connectivity index (χ4n) is 1.29. The molecular weight excluding hydrogens is 288 g/mol. The molecule has 1 atom stereocenters. The predicted octanol–water partition coefficient (Wildman–Crippen LogP) is 1.20. The summed E-state index contributed by atoms with van der Waals surface area (Å²) >= 11 is 0. The molecule has 0 spiro atoms. The second-order valence-corrected chi connectivity index (χ2v) is 5.89. The van der Waals surface area contributed by atoms with Crippen molar-refractivity contribution >= 4 is 28.2 Å². The molecule has 5 nitrogen and oxygen atoms in total. The first-order chi connectivity index (χ1) is 8.36. The summed E-state index contributed by atoms with van der Waals surface area (Å²) in [6.07, 6.45) is 0. The number of benzene rings is 1. The Morgan fingerprint density at radius 3 is 2.21 bits per heavy atom. The number of carbonyl (C=O) groups excluding carboxylic acids is 1. The van der Waals surface area contributed by atoms with E-state index in [0.717, 1.165) is 0 Å². The molecule has 0 saturated heterocycles. The molecule has 108 valence electrons. The molecule has 0 heterocycles. The van der Waals surface area contributed by atoms with Gasteiger partial charge in [0, 0.05) is 18.2 Å². The van der Waals surface area contributed by atoms with Crippen molar-refractivity contribution in [3.8, 4) is 0 Å². The molecule has 2 N–H and O–H groups in total. The van der Waals surface area contributed by atoms with Gasteiger partial charge in [-0.3, -0.25) is 4.79 Å². The van der Waals surface area contributed by atoms with Crippen LogP contribution in [0.2, 0.25) is 0 Å². The normalized spacial score (nSPS) is 12.6. The molecule has 0 aliphatic rings. The highest BCUT2D eigenvalue weighted by atomic mass is 35.5. The first kappa shape index (κ1) is 18.0. The highest BCUT2D eigenvalue weighted by Gasteiger charge is 2.14. The molecule has 0 saturated carbocycles. The maximum Gasteiger partial charge on any atom is 0.240 e. The summed E-state index contributed by atoms with van der Waals surface area (Å²) in [5, 5.41) is 2.94. The van der Waals surface area contributed by atoms with Crippen molar-refractivity contribution < 1.29 is 13.2 Å². The number of likely N-dealkylation sites (N-methyl/N-ethyl adjacent to an activating group) is 1. The third kappa shape index (κ3) is 5.28. The monoisotopic (exact) mass is 306 g/mol. The van der Waals surface area contributed by atoms with E-state index in [1.165, 1.54) is 31.2 Å². The Hall–Kier alpha value is -0.950. The second-order valence-electron chi connectivity index (χ2n) is 4.12. The molecular formula is C12H19ClN2O3S. The number of sulfonamides is 1. The average molecular weight is 307 g/mol. The molecule has 0 fully saturated rings. The zero-order valence-corrected chi connectivity index (χ0v) is 12.8. The lowest BCUT2D eigenvalue weighted by atomic mass is 10.2. The molecule has 0 aromatic heterocycles. The van der Waals surface area contributed by atoms with E-state index >= 15 is 0 Å². The van der Waals surface area contributed by atoms with Crippen LogP contribution < -0.4 is 10.0 Å². The smallest absolute Gasteiger partial charge is 0.240 e. The Kier molecular flexibility index (Phi) is 7.21. The van der Waals surface area contributed by atoms with Crippen molar-refractivity contribution in [2.24, 2.45) is 0 Å². The SMILES string of the molecule is CNC(C)CNS(=O)(=O)c1ccc(C(C)=O)cc1.Cl. The number of carbonyl (C=O) groups is 1. The lowest BCUT2D eigenvalue weighted by Gasteiger charge is -2.12. The maximum atomic E-state index is 11.9. The summed E-state index contributed by atoms with van der Waals surface area (Å²) in [7, 11) is -1.74. The summed E-state index contributed by atoms with van der Waals surface area (Å²) in [6, 6.07) is 5.94. The molecule has 0 radical (unpaired) electrons. The quantitative estimate of drug-likeness (QED) is 0.774. The Bertz CT molecular complexity index is 514. The van der Waals surface area contributed by atoms with Gasteiger partial charge in [0.05, 0.1) is 4.90 Å². The molecule has 0 amide bonds. The van der Waals surface area contributed by atoms with Gasteiger partial charge >= 0.3 is 0 Å². The summed E-state index contributed by atoms with van der Waals surface area (Å²) in [4.78, 5) is 11.2. The van der Waals surface area contributed by atoms with Crippen molar-refractivity contribution in [2.45, 2.75) is 24.8 Å². The molecule has 0 bridgehead atoms. The van der Waals surface area contributed by atoms with Gasteiger partial charge < -0.3 is 5.32 Å². The largest absolute Gasteiger partial charge is 0.316 e. The van der Waals surface area contributed by atoms with Crippen molar-refractivity contribution in [2.75, 3.05) is 13.6 Å². The highest BCUT2D eigenvalue weighted by molar-refractivity contribution is 7.89. The van der Waals surface area contributed by atoms with E-state index in [9.17, 15) is 13.2 Å². The van der Waals surface area contributed by atoms with Crippen molar-refractivity contribution in [3.05, 3.63) is 29.8 Å². The van der Waals surface area contributed by atoms with Crippen molar-refractivity contribution in [1.82, 2.24) is 10.0 Å². The van der Waals surface area contributed by atoms with E-state index in [4.69, 9.17) is 0 Å². The molecule has 19 heavy (non-hydrogen) atoms. The number of hydrogen-bond acceptors (Lipinski definition) is 4. The van der Waals surface area contributed by atoms with Gasteiger partial charge in [0.15, 0.2) is 5.78 Å². The van der Waals surface area contributed by atoms with E-state index in [2.05, 4.69) is 10.0 Å². The maximum absolute atomic E-state index is 11.9. The average Bonchev–Trinajstić information content (AvgIpc) is 2.36. The van der Waals surface area contributed by atoms with Crippen LogP contribution in [-0.4, -0.2) is 33.8 Å². The lowest BCUT2D eigenvalue weighted by Crippen LogP contribution is -2.37. The number of Topliss-reactive ketones (excluding diaryl/α,β-unsaturated/α-hetero) is 1. The van der Waals surface area contributed by atoms with Crippen LogP contribution >= 0.6 is 12.4 Å². The third-order valence-corrected chi connectivity index (χ3v) is 4.08. The van der Waals surface area contributed by atoms with Crippen molar-refractivity contribution in [3.63, 3.8) is 0 Å². The zero-order valence-electron chi connectivity index (χ0n) is 11.1.